The van der Waals surface area contributed by atoms with Gasteiger partial charge < -0.3 is 4.74 Å². The maximum absolute atomic E-state index is 12.8. The van der Waals surface area contributed by atoms with Gasteiger partial charge in [-0.2, -0.15) is 0 Å². The van der Waals surface area contributed by atoms with Crippen molar-refractivity contribution in [2.75, 3.05) is 12.8 Å². The van der Waals surface area contributed by atoms with Crippen molar-refractivity contribution in [3.63, 3.8) is 0 Å². The monoisotopic (exact) mass is 398 g/mol. The smallest absolute Gasteiger partial charge is 0.355 e. The number of rotatable bonds is 6. The van der Waals surface area contributed by atoms with Gasteiger partial charge in [0.25, 0.3) is 0 Å². The van der Waals surface area contributed by atoms with Gasteiger partial charge in [-0.3, -0.25) is 10.5 Å². The first kappa shape index (κ1) is 19.5. The molecule has 0 fully saturated rings. The third-order valence-corrected chi connectivity index (χ3v) is 5.27. The van der Waals surface area contributed by atoms with Gasteiger partial charge in [-0.05, 0) is 23.3 Å². The summed E-state index contributed by atoms with van der Waals surface area (Å²) in [6.07, 6.45) is 1.92. The minimum Gasteiger partial charge on any atom is -0.497 e. The first-order valence-corrected chi connectivity index (χ1v) is 9.74. The lowest BCUT2D eigenvalue weighted by Gasteiger charge is -2.03. The molecule has 2 N–H and O–H groups in total. The van der Waals surface area contributed by atoms with Crippen molar-refractivity contribution in [1.82, 2.24) is 4.57 Å². The van der Waals surface area contributed by atoms with E-state index in [1.165, 1.54) is 5.56 Å². The van der Waals surface area contributed by atoms with Crippen LogP contribution in [0.5, 0.6) is 5.75 Å². The van der Waals surface area contributed by atoms with Gasteiger partial charge >= 0.3 is 5.95 Å². The fraction of sp³-hybridized carbons (Fsp3) is 0.120. The molecule has 0 spiro atoms. The Balaban J connectivity index is 1.59. The van der Waals surface area contributed by atoms with Crippen LogP contribution in [0, 0.1) is 0 Å². The second kappa shape index (κ2) is 8.25. The maximum atomic E-state index is 12.8. The molecule has 0 unspecified atom stereocenters. The molecular formula is C25H24N3O2+. The van der Waals surface area contributed by atoms with E-state index >= 15 is 0 Å². The highest BCUT2D eigenvalue weighted by Crippen LogP contribution is 2.25. The van der Waals surface area contributed by atoms with Gasteiger partial charge in [-0.1, -0.05) is 66.7 Å². The molecule has 3 aromatic carbocycles. The van der Waals surface area contributed by atoms with Gasteiger partial charge in [-0.25, -0.2) is 9.13 Å². The molecule has 1 heterocycles. The Labute approximate surface area is 176 Å². The molecule has 150 valence electrons. The van der Waals surface area contributed by atoms with E-state index in [1.807, 2.05) is 48.1 Å². The van der Waals surface area contributed by atoms with Crippen LogP contribution in [0.25, 0.3) is 22.4 Å². The number of nitrogen functional groups attached to an aromatic ring is 1. The third kappa shape index (κ3) is 3.82. The van der Waals surface area contributed by atoms with Gasteiger partial charge in [0, 0.05) is 11.1 Å². The van der Waals surface area contributed by atoms with E-state index in [0.29, 0.717) is 17.3 Å². The van der Waals surface area contributed by atoms with Crippen LogP contribution in [0.4, 0.5) is 5.95 Å². The number of hydrogen-bond donors (Lipinski definition) is 1. The van der Waals surface area contributed by atoms with E-state index in [0.717, 1.165) is 16.8 Å². The van der Waals surface area contributed by atoms with Crippen molar-refractivity contribution in [1.29, 1.82) is 0 Å². The highest BCUT2D eigenvalue weighted by Gasteiger charge is 2.20. The molecule has 0 radical (unpaired) electrons. The van der Waals surface area contributed by atoms with Crippen LogP contribution < -0.4 is 15.0 Å². The summed E-state index contributed by atoms with van der Waals surface area (Å²) in [4.78, 5) is 12.8. The topological polar surface area (TPSA) is 61.1 Å². The zero-order valence-electron chi connectivity index (χ0n) is 17.1. The van der Waals surface area contributed by atoms with E-state index in [2.05, 4.69) is 36.4 Å². The molecule has 0 amide bonds. The molecule has 0 aliphatic carbocycles. The van der Waals surface area contributed by atoms with E-state index in [1.54, 1.807) is 23.8 Å². The van der Waals surface area contributed by atoms with Crippen LogP contribution in [-0.4, -0.2) is 17.5 Å². The molecule has 4 rings (SSSR count). The first-order valence-electron chi connectivity index (χ1n) is 9.74. The number of ketones is 1. The number of imidazole rings is 1. The van der Waals surface area contributed by atoms with Gasteiger partial charge in [0.15, 0.2) is 5.78 Å². The number of aromatic nitrogens is 2. The molecule has 5 nitrogen and oxygen atoms in total. The number of carbonyl (C=O) groups excluding carboxylic acids is 1. The molecule has 0 saturated carbocycles. The molecule has 0 bridgehead atoms. The standard InChI is InChI=1S/C25H23N3O2/c1-27-23(20-13-11-19(12-14-20)18-7-4-3-5-8-18)16-28(25(27)26)17-24(29)21-9-6-10-22(15-21)30-2/h3-16,26H,17H2,1-2H3/p+1. The largest absolute Gasteiger partial charge is 0.497 e. The number of benzene rings is 3. The van der Waals surface area contributed by atoms with Crippen LogP contribution in [0.1, 0.15) is 10.4 Å². The normalized spacial score (nSPS) is 10.7. The molecule has 30 heavy (non-hydrogen) atoms. The Morgan fingerprint density at radius 1 is 0.933 bits per heavy atom. The molecule has 1 aromatic heterocycles. The molecule has 0 aliphatic heterocycles. The summed E-state index contributed by atoms with van der Waals surface area (Å²) in [6.45, 7) is 0.162. The number of methoxy groups -OCH3 is 1. The van der Waals surface area contributed by atoms with Crippen molar-refractivity contribution in [2.45, 2.75) is 6.54 Å². The minimum absolute atomic E-state index is 0.0258. The summed E-state index contributed by atoms with van der Waals surface area (Å²) in [5, 5.41) is 0. The van der Waals surface area contributed by atoms with Crippen molar-refractivity contribution in [3.8, 4) is 28.1 Å². The van der Waals surface area contributed by atoms with Gasteiger partial charge in [0.2, 0.25) is 0 Å². The zero-order chi connectivity index (χ0) is 21.1. The van der Waals surface area contributed by atoms with Crippen molar-refractivity contribution >= 4 is 11.7 Å². The van der Waals surface area contributed by atoms with Gasteiger partial charge in [0.1, 0.15) is 24.2 Å². The number of nitrogens with zero attached hydrogens (tertiary/aromatic N) is 2. The fourth-order valence-electron chi connectivity index (χ4n) is 3.52. The molecule has 5 heteroatoms. The Kier molecular flexibility index (Phi) is 5.35. The van der Waals surface area contributed by atoms with Gasteiger partial charge in [-0.15, -0.1) is 0 Å². The van der Waals surface area contributed by atoms with Crippen molar-refractivity contribution in [3.05, 3.63) is 90.6 Å². The lowest BCUT2D eigenvalue weighted by atomic mass is 10.0. The highest BCUT2D eigenvalue weighted by molar-refractivity contribution is 5.95. The van der Waals surface area contributed by atoms with E-state index in [-0.39, 0.29) is 12.3 Å². The van der Waals surface area contributed by atoms with Crippen LogP contribution >= 0.6 is 0 Å². The van der Waals surface area contributed by atoms with Crippen LogP contribution in [0.2, 0.25) is 0 Å². The van der Waals surface area contributed by atoms with Crippen molar-refractivity contribution < 1.29 is 14.1 Å². The predicted molar refractivity (Wildman–Crippen MR) is 118 cm³/mol. The average molecular weight is 398 g/mol. The van der Waals surface area contributed by atoms with Crippen molar-refractivity contribution in [2.24, 2.45) is 7.05 Å². The second-order valence-electron chi connectivity index (χ2n) is 7.16. The highest BCUT2D eigenvalue weighted by atomic mass is 16.5. The lowest BCUT2D eigenvalue weighted by molar-refractivity contribution is -0.667. The molecule has 4 aromatic rings. The third-order valence-electron chi connectivity index (χ3n) is 5.27. The molecule has 0 atom stereocenters. The predicted octanol–water partition coefficient (Wildman–Crippen LogP) is 4.12. The van der Waals surface area contributed by atoms with Crippen LogP contribution in [0.15, 0.2) is 85.1 Å². The molecule has 0 saturated heterocycles. The number of hydrogen-bond acceptors (Lipinski definition) is 3. The molecular weight excluding hydrogens is 374 g/mol. The Hall–Kier alpha value is -3.86. The Morgan fingerprint density at radius 2 is 1.60 bits per heavy atom. The fourth-order valence-corrected chi connectivity index (χ4v) is 3.52. The number of anilines is 1. The Morgan fingerprint density at radius 3 is 2.30 bits per heavy atom. The first-order chi connectivity index (χ1) is 14.6. The average Bonchev–Trinajstić information content (AvgIpc) is 3.08. The summed E-state index contributed by atoms with van der Waals surface area (Å²) >= 11 is 0. The minimum atomic E-state index is -0.0258. The maximum Gasteiger partial charge on any atom is 0.355 e. The summed E-state index contributed by atoms with van der Waals surface area (Å²) in [5.74, 6) is 1.15. The van der Waals surface area contributed by atoms with E-state index in [9.17, 15) is 4.79 Å². The van der Waals surface area contributed by atoms with Crippen LogP contribution in [-0.2, 0) is 13.6 Å². The number of carbonyl (C=O) groups is 1. The molecule has 0 aliphatic rings. The number of Topliss-reactive ketones (excluding diaryl/α,β-unsaturated/α-hetero) is 1. The SMILES string of the molecule is COc1cccc(C(=O)C[n+]2cc(-c3ccc(-c4ccccc4)cc3)n(C)c2N)c1. The lowest BCUT2D eigenvalue weighted by Crippen LogP contribution is -2.39. The summed E-state index contributed by atoms with van der Waals surface area (Å²) in [5.41, 5.74) is 11.2. The van der Waals surface area contributed by atoms with Crippen LogP contribution in [0.3, 0.4) is 0 Å². The zero-order valence-corrected chi connectivity index (χ0v) is 17.1. The van der Waals surface area contributed by atoms with E-state index in [4.69, 9.17) is 10.5 Å². The summed E-state index contributed by atoms with van der Waals surface area (Å²) in [7, 11) is 3.49. The summed E-state index contributed by atoms with van der Waals surface area (Å²) < 4.78 is 8.89. The summed E-state index contributed by atoms with van der Waals surface area (Å²) in [6, 6.07) is 25.8. The number of nitrogens with two attached hydrogens (primary N) is 1. The second-order valence-corrected chi connectivity index (χ2v) is 7.16. The van der Waals surface area contributed by atoms with E-state index < -0.39 is 0 Å². The van der Waals surface area contributed by atoms with Gasteiger partial charge in [0.05, 0.1) is 14.2 Å². The quantitative estimate of drug-likeness (QED) is 0.393. The Bertz CT molecular complexity index is 1180. The number of ether oxygens (including phenoxy) is 1.